The van der Waals surface area contributed by atoms with E-state index in [-0.39, 0.29) is 17.8 Å². The van der Waals surface area contributed by atoms with Crippen molar-refractivity contribution in [1.82, 2.24) is 5.32 Å². The van der Waals surface area contributed by atoms with Gasteiger partial charge in [0.15, 0.2) is 0 Å². The van der Waals surface area contributed by atoms with Crippen LogP contribution in [0.1, 0.15) is 35.4 Å². The van der Waals surface area contributed by atoms with Gasteiger partial charge in [-0.3, -0.25) is 4.79 Å². The Bertz CT molecular complexity index is 642. The van der Waals surface area contributed by atoms with Gasteiger partial charge in [0.25, 0.3) is 5.91 Å². The summed E-state index contributed by atoms with van der Waals surface area (Å²) in [4.78, 5) is 13.3. The average Bonchev–Trinajstić information content (AvgIpc) is 2.84. The van der Waals surface area contributed by atoms with Crippen LogP contribution in [0.25, 0.3) is 10.1 Å². The molecule has 1 aliphatic rings. The third-order valence-electron chi connectivity index (χ3n) is 3.70. The number of benzene rings is 1. The second kappa shape index (κ2) is 5.82. The van der Waals surface area contributed by atoms with E-state index in [4.69, 9.17) is 0 Å². The highest BCUT2D eigenvalue weighted by Gasteiger charge is 2.25. The highest BCUT2D eigenvalue weighted by molar-refractivity contribution is 9.09. The van der Waals surface area contributed by atoms with Gasteiger partial charge in [-0.25, -0.2) is 4.39 Å². The predicted octanol–water partition coefficient (Wildman–Crippen LogP) is 4.48. The Labute approximate surface area is 129 Å². The molecule has 2 nitrogen and oxygen atoms in total. The van der Waals surface area contributed by atoms with Crippen LogP contribution in [0.5, 0.6) is 0 Å². The number of carbonyl (C=O) groups excluding carboxylic acids is 1. The van der Waals surface area contributed by atoms with Crippen molar-refractivity contribution in [2.24, 2.45) is 0 Å². The lowest BCUT2D eigenvalue weighted by molar-refractivity contribution is 0.0934. The van der Waals surface area contributed by atoms with E-state index in [1.807, 2.05) is 6.07 Å². The summed E-state index contributed by atoms with van der Waals surface area (Å²) in [7, 11) is 0. The molecule has 0 spiro atoms. The maximum atomic E-state index is 13.2. The summed E-state index contributed by atoms with van der Waals surface area (Å²) in [6.07, 6.45) is 4.48. The van der Waals surface area contributed by atoms with Crippen LogP contribution in [0.4, 0.5) is 4.39 Å². The van der Waals surface area contributed by atoms with Crippen molar-refractivity contribution in [3.05, 3.63) is 35.0 Å². The summed E-state index contributed by atoms with van der Waals surface area (Å²) >= 11 is 4.98. The molecular formula is C15H15BrFNOS. The molecule has 1 aromatic heterocycles. The summed E-state index contributed by atoms with van der Waals surface area (Å²) in [6.45, 7) is 0. The number of halogens is 2. The van der Waals surface area contributed by atoms with E-state index in [2.05, 4.69) is 21.2 Å². The standard InChI is InChI=1S/C15H15BrFNOS/c16-11-3-1-2-4-12(11)18-15(19)14-7-9-5-6-10(17)8-13(9)20-14/h5-8,11-12H,1-4H2,(H,18,19). The van der Waals surface area contributed by atoms with Gasteiger partial charge in [0.2, 0.25) is 0 Å². The van der Waals surface area contributed by atoms with E-state index in [0.717, 1.165) is 29.3 Å². The predicted molar refractivity (Wildman–Crippen MR) is 84.2 cm³/mol. The summed E-state index contributed by atoms with van der Waals surface area (Å²) in [5.74, 6) is -0.318. The molecule has 5 heteroatoms. The largest absolute Gasteiger partial charge is 0.347 e. The topological polar surface area (TPSA) is 29.1 Å². The molecular weight excluding hydrogens is 341 g/mol. The van der Waals surface area contributed by atoms with E-state index in [0.29, 0.717) is 9.70 Å². The van der Waals surface area contributed by atoms with Gasteiger partial charge in [-0.05, 0) is 36.4 Å². The van der Waals surface area contributed by atoms with Gasteiger partial charge >= 0.3 is 0 Å². The molecule has 3 rings (SSSR count). The van der Waals surface area contributed by atoms with Crippen molar-refractivity contribution in [3.63, 3.8) is 0 Å². The third-order valence-corrected chi connectivity index (χ3v) is 5.90. The van der Waals surface area contributed by atoms with Gasteiger partial charge in [-0.15, -0.1) is 11.3 Å². The zero-order valence-corrected chi connectivity index (χ0v) is 13.3. The lowest BCUT2D eigenvalue weighted by Gasteiger charge is -2.27. The first kappa shape index (κ1) is 14.0. The minimum absolute atomic E-state index is 0.0528. The molecule has 0 radical (unpaired) electrons. The molecule has 1 aliphatic carbocycles. The van der Waals surface area contributed by atoms with Crippen LogP contribution in [0.15, 0.2) is 24.3 Å². The van der Waals surface area contributed by atoms with Crippen LogP contribution in [0.2, 0.25) is 0 Å². The molecule has 1 N–H and O–H groups in total. The number of alkyl halides is 1. The van der Waals surface area contributed by atoms with Crippen LogP contribution in [-0.2, 0) is 0 Å². The molecule has 106 valence electrons. The van der Waals surface area contributed by atoms with Crippen molar-refractivity contribution in [3.8, 4) is 0 Å². The number of hydrogen-bond donors (Lipinski definition) is 1. The van der Waals surface area contributed by atoms with Crippen molar-refractivity contribution in [2.75, 3.05) is 0 Å². The molecule has 1 aromatic carbocycles. The number of nitrogens with one attached hydrogen (secondary N) is 1. The quantitative estimate of drug-likeness (QED) is 0.790. The van der Waals surface area contributed by atoms with Crippen molar-refractivity contribution in [2.45, 2.75) is 36.6 Å². The third kappa shape index (κ3) is 2.88. The number of fused-ring (bicyclic) bond motifs is 1. The Morgan fingerprint density at radius 2 is 2.10 bits per heavy atom. The van der Waals surface area contributed by atoms with Gasteiger partial charge < -0.3 is 5.32 Å². The van der Waals surface area contributed by atoms with E-state index in [1.165, 1.54) is 29.9 Å². The van der Waals surface area contributed by atoms with Crippen molar-refractivity contribution >= 4 is 43.3 Å². The molecule has 0 bridgehead atoms. The summed E-state index contributed by atoms with van der Waals surface area (Å²) < 4.78 is 14.0. The van der Waals surface area contributed by atoms with E-state index in [9.17, 15) is 9.18 Å². The first-order valence-electron chi connectivity index (χ1n) is 6.77. The van der Waals surface area contributed by atoms with Crippen molar-refractivity contribution < 1.29 is 9.18 Å². The molecule has 1 saturated carbocycles. The second-order valence-electron chi connectivity index (χ2n) is 5.17. The van der Waals surface area contributed by atoms with Crippen molar-refractivity contribution in [1.29, 1.82) is 0 Å². The van der Waals surface area contributed by atoms with Crippen LogP contribution in [-0.4, -0.2) is 16.8 Å². The minimum atomic E-state index is -0.265. The average molecular weight is 356 g/mol. The minimum Gasteiger partial charge on any atom is -0.347 e. The molecule has 1 fully saturated rings. The lowest BCUT2D eigenvalue weighted by Crippen LogP contribution is -2.42. The Morgan fingerprint density at radius 3 is 2.90 bits per heavy atom. The Kier molecular flexibility index (Phi) is 4.08. The molecule has 0 saturated heterocycles. The molecule has 0 aliphatic heterocycles. The van der Waals surface area contributed by atoms with E-state index >= 15 is 0 Å². The molecule has 1 amide bonds. The molecule has 2 atom stereocenters. The maximum Gasteiger partial charge on any atom is 0.261 e. The SMILES string of the molecule is O=C(NC1CCCCC1Br)c1cc2ccc(F)cc2s1. The number of amides is 1. The fourth-order valence-electron chi connectivity index (χ4n) is 2.60. The fraction of sp³-hybridized carbons (Fsp3) is 0.400. The van der Waals surface area contributed by atoms with Crippen LogP contribution < -0.4 is 5.32 Å². The smallest absolute Gasteiger partial charge is 0.261 e. The van der Waals surface area contributed by atoms with Gasteiger partial charge in [-0.2, -0.15) is 0 Å². The van der Waals surface area contributed by atoms with Gasteiger partial charge in [0, 0.05) is 15.6 Å². The van der Waals surface area contributed by atoms with Crippen LogP contribution in [0, 0.1) is 5.82 Å². The zero-order chi connectivity index (χ0) is 14.1. The number of hydrogen-bond acceptors (Lipinski definition) is 2. The molecule has 1 heterocycles. The maximum absolute atomic E-state index is 13.2. The monoisotopic (exact) mass is 355 g/mol. The number of thiophene rings is 1. The highest BCUT2D eigenvalue weighted by Crippen LogP contribution is 2.28. The number of rotatable bonds is 2. The molecule has 2 unspecified atom stereocenters. The summed E-state index contributed by atoms with van der Waals surface area (Å²) in [6, 6.07) is 6.64. The van der Waals surface area contributed by atoms with Gasteiger partial charge in [-0.1, -0.05) is 34.8 Å². The van der Waals surface area contributed by atoms with Crippen LogP contribution in [0.3, 0.4) is 0 Å². The normalized spacial score (nSPS) is 22.9. The first-order chi connectivity index (χ1) is 9.63. The Hall–Kier alpha value is -0.940. The summed E-state index contributed by atoms with van der Waals surface area (Å²) in [5.41, 5.74) is 0. The molecule has 20 heavy (non-hydrogen) atoms. The van der Waals surface area contributed by atoms with Crippen LogP contribution >= 0.6 is 27.3 Å². The lowest BCUT2D eigenvalue weighted by atomic mass is 9.95. The second-order valence-corrected chi connectivity index (χ2v) is 7.43. The number of carbonyl (C=O) groups is 1. The highest BCUT2D eigenvalue weighted by atomic mass is 79.9. The Balaban J connectivity index is 1.78. The molecule has 2 aromatic rings. The fourth-order valence-corrected chi connectivity index (χ4v) is 4.32. The van der Waals surface area contributed by atoms with Gasteiger partial charge in [0.05, 0.1) is 4.88 Å². The van der Waals surface area contributed by atoms with E-state index in [1.54, 1.807) is 6.07 Å². The van der Waals surface area contributed by atoms with Gasteiger partial charge in [0.1, 0.15) is 5.82 Å². The zero-order valence-electron chi connectivity index (χ0n) is 10.9. The Morgan fingerprint density at radius 1 is 1.30 bits per heavy atom. The van der Waals surface area contributed by atoms with E-state index < -0.39 is 0 Å². The summed E-state index contributed by atoms with van der Waals surface area (Å²) in [5, 5.41) is 4.01. The first-order valence-corrected chi connectivity index (χ1v) is 8.51.